The maximum absolute atomic E-state index is 6.06. The fourth-order valence-corrected chi connectivity index (χ4v) is 2.81. The van der Waals surface area contributed by atoms with Crippen LogP contribution in [0.5, 0.6) is 0 Å². The van der Waals surface area contributed by atoms with E-state index in [1.54, 1.807) is 0 Å². The fraction of sp³-hybridized carbons (Fsp3) is 0.312. The first kappa shape index (κ1) is 14.2. The molecule has 1 fully saturated rings. The van der Waals surface area contributed by atoms with Gasteiger partial charge in [0.05, 0.1) is 0 Å². The van der Waals surface area contributed by atoms with Crippen LogP contribution in [0, 0.1) is 0 Å². The minimum atomic E-state index is 0.554. The van der Waals surface area contributed by atoms with Crippen molar-refractivity contribution in [1.29, 1.82) is 0 Å². The molecular formula is C16H19ClN4. The molecule has 0 spiro atoms. The highest BCUT2D eigenvalue weighted by Gasteiger charge is 2.18. The van der Waals surface area contributed by atoms with Crippen molar-refractivity contribution in [3.63, 3.8) is 0 Å². The summed E-state index contributed by atoms with van der Waals surface area (Å²) in [5.74, 6) is 1.02. The Hall–Kier alpha value is -1.78. The van der Waals surface area contributed by atoms with Crippen LogP contribution in [0.15, 0.2) is 42.6 Å². The van der Waals surface area contributed by atoms with E-state index in [0.717, 1.165) is 42.6 Å². The summed E-state index contributed by atoms with van der Waals surface area (Å²) in [6.45, 7) is 4.39. The lowest BCUT2D eigenvalue weighted by atomic mass is 10.2. The van der Waals surface area contributed by atoms with E-state index in [2.05, 4.69) is 26.9 Å². The molecule has 2 heterocycles. The van der Waals surface area contributed by atoms with Crippen LogP contribution in [0.1, 0.15) is 5.56 Å². The number of halogens is 1. The first-order valence-corrected chi connectivity index (χ1v) is 7.54. The van der Waals surface area contributed by atoms with E-state index in [9.17, 15) is 0 Å². The summed E-state index contributed by atoms with van der Waals surface area (Å²) in [4.78, 5) is 9.12. The van der Waals surface area contributed by atoms with Crippen LogP contribution in [-0.4, -0.2) is 31.2 Å². The van der Waals surface area contributed by atoms with Crippen LogP contribution in [-0.2, 0) is 6.54 Å². The van der Waals surface area contributed by atoms with Gasteiger partial charge in [-0.1, -0.05) is 17.7 Å². The summed E-state index contributed by atoms with van der Waals surface area (Å²) < 4.78 is 0. The molecule has 5 heteroatoms. The predicted octanol–water partition coefficient (Wildman–Crippen LogP) is 2.52. The minimum absolute atomic E-state index is 0.554. The van der Waals surface area contributed by atoms with Crippen molar-refractivity contribution in [2.45, 2.75) is 6.54 Å². The van der Waals surface area contributed by atoms with Crippen molar-refractivity contribution in [2.75, 3.05) is 36.0 Å². The van der Waals surface area contributed by atoms with Gasteiger partial charge in [-0.3, -0.25) is 0 Å². The zero-order valence-corrected chi connectivity index (χ0v) is 12.6. The van der Waals surface area contributed by atoms with Crippen LogP contribution in [0.25, 0.3) is 0 Å². The zero-order valence-electron chi connectivity index (χ0n) is 11.9. The van der Waals surface area contributed by atoms with E-state index < -0.39 is 0 Å². The standard InChI is InChI=1S/C16H19ClN4/c17-14-2-1-3-15(11-14)20-6-8-21(9-7-20)16-10-13(12-18)4-5-19-16/h1-5,10-11H,6-9,12,18H2. The summed E-state index contributed by atoms with van der Waals surface area (Å²) in [7, 11) is 0. The van der Waals surface area contributed by atoms with E-state index in [4.69, 9.17) is 17.3 Å². The molecule has 1 aromatic heterocycles. The Labute approximate surface area is 130 Å². The molecule has 3 rings (SSSR count). The van der Waals surface area contributed by atoms with Gasteiger partial charge in [-0.2, -0.15) is 0 Å². The Morgan fingerprint density at radius 2 is 1.81 bits per heavy atom. The molecule has 2 aromatic rings. The highest BCUT2D eigenvalue weighted by Crippen LogP contribution is 2.22. The molecule has 0 saturated carbocycles. The molecule has 21 heavy (non-hydrogen) atoms. The topological polar surface area (TPSA) is 45.4 Å². The normalized spacial score (nSPS) is 15.3. The molecule has 110 valence electrons. The number of nitrogens with two attached hydrogens (primary N) is 1. The first-order chi connectivity index (χ1) is 10.3. The van der Waals surface area contributed by atoms with E-state index in [-0.39, 0.29) is 0 Å². The summed E-state index contributed by atoms with van der Waals surface area (Å²) in [6.07, 6.45) is 1.83. The number of aromatic nitrogens is 1. The van der Waals surface area contributed by atoms with Crippen molar-refractivity contribution in [3.8, 4) is 0 Å². The predicted molar refractivity (Wildman–Crippen MR) is 88.0 cm³/mol. The monoisotopic (exact) mass is 302 g/mol. The summed E-state index contributed by atoms with van der Waals surface area (Å²) in [5.41, 5.74) is 8.00. The van der Waals surface area contributed by atoms with Crippen LogP contribution in [0.3, 0.4) is 0 Å². The van der Waals surface area contributed by atoms with E-state index in [0.29, 0.717) is 6.54 Å². The SMILES string of the molecule is NCc1ccnc(N2CCN(c3cccc(Cl)c3)CC2)c1. The molecule has 1 aromatic carbocycles. The molecule has 0 radical (unpaired) electrons. The third-order valence-electron chi connectivity index (χ3n) is 3.82. The van der Waals surface area contributed by atoms with Gasteiger partial charge >= 0.3 is 0 Å². The Bertz CT molecular complexity index is 609. The third kappa shape index (κ3) is 3.28. The number of anilines is 2. The summed E-state index contributed by atoms with van der Waals surface area (Å²) >= 11 is 6.06. The summed E-state index contributed by atoms with van der Waals surface area (Å²) in [5, 5.41) is 0.784. The van der Waals surface area contributed by atoms with Gasteiger partial charge in [-0.25, -0.2) is 4.98 Å². The molecule has 0 atom stereocenters. The molecule has 1 saturated heterocycles. The lowest BCUT2D eigenvalue weighted by Crippen LogP contribution is -2.46. The molecule has 1 aliphatic rings. The molecule has 2 N–H and O–H groups in total. The molecule has 4 nitrogen and oxygen atoms in total. The Morgan fingerprint density at radius 3 is 2.52 bits per heavy atom. The van der Waals surface area contributed by atoms with Crippen LogP contribution in [0.2, 0.25) is 5.02 Å². The summed E-state index contributed by atoms with van der Waals surface area (Å²) in [6, 6.07) is 12.1. The van der Waals surface area contributed by atoms with Crippen molar-refractivity contribution < 1.29 is 0 Å². The second kappa shape index (κ2) is 6.33. The van der Waals surface area contributed by atoms with Crippen LogP contribution < -0.4 is 15.5 Å². The number of pyridine rings is 1. The smallest absolute Gasteiger partial charge is 0.128 e. The van der Waals surface area contributed by atoms with Crippen LogP contribution >= 0.6 is 11.6 Å². The number of hydrogen-bond acceptors (Lipinski definition) is 4. The Morgan fingerprint density at radius 1 is 1.05 bits per heavy atom. The highest BCUT2D eigenvalue weighted by molar-refractivity contribution is 6.30. The highest BCUT2D eigenvalue weighted by atomic mass is 35.5. The van der Waals surface area contributed by atoms with Gasteiger partial charge in [-0.15, -0.1) is 0 Å². The minimum Gasteiger partial charge on any atom is -0.368 e. The van der Waals surface area contributed by atoms with Crippen molar-refractivity contribution in [2.24, 2.45) is 5.73 Å². The van der Waals surface area contributed by atoms with Crippen molar-refractivity contribution in [3.05, 3.63) is 53.2 Å². The van der Waals surface area contributed by atoms with E-state index in [1.165, 1.54) is 5.69 Å². The molecule has 0 bridgehead atoms. The zero-order chi connectivity index (χ0) is 14.7. The quantitative estimate of drug-likeness (QED) is 0.946. The largest absolute Gasteiger partial charge is 0.368 e. The molecule has 0 amide bonds. The molecule has 0 aliphatic carbocycles. The van der Waals surface area contributed by atoms with Gasteiger partial charge in [-0.05, 0) is 35.9 Å². The van der Waals surface area contributed by atoms with Crippen molar-refractivity contribution in [1.82, 2.24) is 4.98 Å². The number of benzene rings is 1. The van der Waals surface area contributed by atoms with Gasteiger partial charge in [0.2, 0.25) is 0 Å². The van der Waals surface area contributed by atoms with Crippen LogP contribution in [0.4, 0.5) is 11.5 Å². The average molecular weight is 303 g/mol. The Balaban J connectivity index is 1.67. The second-order valence-electron chi connectivity index (χ2n) is 5.18. The van der Waals surface area contributed by atoms with Gasteiger partial charge in [0, 0.05) is 49.6 Å². The molecule has 0 unspecified atom stereocenters. The average Bonchev–Trinajstić information content (AvgIpc) is 2.55. The van der Waals surface area contributed by atoms with E-state index in [1.807, 2.05) is 30.5 Å². The molecule has 1 aliphatic heterocycles. The van der Waals surface area contributed by atoms with Gasteiger partial charge < -0.3 is 15.5 Å². The number of hydrogen-bond donors (Lipinski definition) is 1. The fourth-order valence-electron chi connectivity index (χ4n) is 2.63. The number of rotatable bonds is 3. The van der Waals surface area contributed by atoms with Gasteiger partial charge in [0.15, 0.2) is 0 Å². The number of piperazine rings is 1. The van der Waals surface area contributed by atoms with Crippen molar-refractivity contribution >= 4 is 23.1 Å². The lowest BCUT2D eigenvalue weighted by Gasteiger charge is -2.36. The number of nitrogens with zero attached hydrogens (tertiary/aromatic N) is 3. The maximum Gasteiger partial charge on any atom is 0.128 e. The lowest BCUT2D eigenvalue weighted by molar-refractivity contribution is 0.647. The molecular weight excluding hydrogens is 284 g/mol. The van der Waals surface area contributed by atoms with Gasteiger partial charge in [0.1, 0.15) is 5.82 Å². The maximum atomic E-state index is 6.06. The Kier molecular flexibility index (Phi) is 4.27. The van der Waals surface area contributed by atoms with Gasteiger partial charge in [0.25, 0.3) is 0 Å². The third-order valence-corrected chi connectivity index (χ3v) is 4.06. The first-order valence-electron chi connectivity index (χ1n) is 7.17. The van der Waals surface area contributed by atoms with E-state index >= 15 is 0 Å². The second-order valence-corrected chi connectivity index (χ2v) is 5.62.